The van der Waals surface area contributed by atoms with Crippen LogP contribution in [0.3, 0.4) is 0 Å². The number of carbonyl (C=O) groups excluding carboxylic acids is 1. The summed E-state index contributed by atoms with van der Waals surface area (Å²) >= 11 is 0. The van der Waals surface area contributed by atoms with Gasteiger partial charge in [0.1, 0.15) is 0 Å². The number of likely N-dealkylation sites (tertiary alicyclic amines) is 2. The molecule has 1 amide bonds. The third kappa shape index (κ3) is 5.41. The molecule has 1 spiro atoms. The van der Waals surface area contributed by atoms with Gasteiger partial charge in [0.25, 0.3) is 6.10 Å². The third-order valence-electron chi connectivity index (χ3n) is 5.73. The standard InChI is InChI=1S/C19H19F9N2O2/c20-17(21,22)13-4-2-1-3-12(13)9-29-10-16(11-29)5-7-30(8-6-16)15(31)32-14(18(23,24)25)19(26,27)28/h1-4,14H,5-11H2. The Balaban J connectivity index is 1.53. The molecule has 4 nitrogen and oxygen atoms in total. The van der Waals surface area contributed by atoms with Gasteiger partial charge < -0.3 is 9.64 Å². The minimum absolute atomic E-state index is 0.0576. The number of ether oxygens (including phenoxy) is 1. The lowest BCUT2D eigenvalue weighted by atomic mass is 9.72. The van der Waals surface area contributed by atoms with Crippen LogP contribution >= 0.6 is 0 Å². The maximum Gasteiger partial charge on any atom is 0.434 e. The summed E-state index contributed by atoms with van der Waals surface area (Å²) < 4.78 is 118. The average Bonchev–Trinajstić information content (AvgIpc) is 2.63. The molecule has 2 fully saturated rings. The Kier molecular flexibility index (Phi) is 6.35. The summed E-state index contributed by atoms with van der Waals surface area (Å²) in [6.45, 7) is 0.677. The van der Waals surface area contributed by atoms with Crippen LogP contribution in [-0.2, 0) is 17.5 Å². The molecule has 0 atom stereocenters. The smallest absolute Gasteiger partial charge is 0.426 e. The highest BCUT2D eigenvalue weighted by Gasteiger charge is 2.60. The molecule has 180 valence electrons. The first-order valence-corrected chi connectivity index (χ1v) is 9.57. The van der Waals surface area contributed by atoms with Crippen molar-refractivity contribution in [1.82, 2.24) is 9.80 Å². The second-order valence-electron chi connectivity index (χ2n) is 8.13. The summed E-state index contributed by atoms with van der Waals surface area (Å²) in [6, 6.07) is 5.16. The van der Waals surface area contributed by atoms with Crippen LogP contribution in [-0.4, -0.2) is 60.5 Å². The van der Waals surface area contributed by atoms with E-state index in [1.165, 1.54) is 18.2 Å². The van der Waals surface area contributed by atoms with Gasteiger partial charge in [0.05, 0.1) is 5.56 Å². The largest absolute Gasteiger partial charge is 0.434 e. The molecule has 0 aromatic heterocycles. The van der Waals surface area contributed by atoms with E-state index in [2.05, 4.69) is 4.74 Å². The lowest BCUT2D eigenvalue weighted by molar-refractivity contribution is -0.308. The van der Waals surface area contributed by atoms with E-state index in [9.17, 15) is 44.3 Å². The van der Waals surface area contributed by atoms with Crippen molar-refractivity contribution in [2.24, 2.45) is 5.41 Å². The summed E-state index contributed by atoms with van der Waals surface area (Å²) in [6.07, 6.45) is -21.4. The van der Waals surface area contributed by atoms with Gasteiger partial charge in [0.15, 0.2) is 0 Å². The van der Waals surface area contributed by atoms with E-state index < -0.39 is 36.3 Å². The molecule has 0 radical (unpaired) electrons. The minimum atomic E-state index is -5.79. The van der Waals surface area contributed by atoms with Gasteiger partial charge in [0, 0.05) is 32.7 Å². The Morgan fingerprint density at radius 2 is 1.47 bits per heavy atom. The van der Waals surface area contributed by atoms with Crippen LogP contribution in [0.5, 0.6) is 0 Å². The number of nitrogens with zero attached hydrogens (tertiary/aromatic N) is 2. The van der Waals surface area contributed by atoms with Crippen molar-refractivity contribution in [3.8, 4) is 0 Å². The molecule has 1 aromatic rings. The van der Waals surface area contributed by atoms with Gasteiger partial charge in [0.2, 0.25) is 0 Å². The highest BCUT2D eigenvalue weighted by atomic mass is 19.4. The van der Waals surface area contributed by atoms with Crippen molar-refractivity contribution in [3.63, 3.8) is 0 Å². The van der Waals surface area contributed by atoms with E-state index in [4.69, 9.17) is 0 Å². The summed E-state index contributed by atoms with van der Waals surface area (Å²) in [4.78, 5) is 14.4. The zero-order valence-electron chi connectivity index (χ0n) is 16.4. The molecule has 2 heterocycles. The van der Waals surface area contributed by atoms with E-state index in [0.29, 0.717) is 25.9 Å². The van der Waals surface area contributed by atoms with Crippen molar-refractivity contribution in [1.29, 1.82) is 0 Å². The molecule has 0 unspecified atom stereocenters. The Morgan fingerprint density at radius 1 is 0.938 bits per heavy atom. The lowest BCUT2D eigenvalue weighted by Gasteiger charge is -2.54. The average molecular weight is 478 g/mol. The van der Waals surface area contributed by atoms with Crippen LogP contribution in [0.15, 0.2) is 24.3 Å². The Morgan fingerprint density at radius 3 is 1.97 bits per heavy atom. The zero-order valence-corrected chi connectivity index (χ0v) is 16.4. The topological polar surface area (TPSA) is 32.8 Å². The number of alkyl halides is 9. The fourth-order valence-corrected chi connectivity index (χ4v) is 4.16. The Bertz CT molecular complexity index is 805. The molecule has 2 saturated heterocycles. The van der Waals surface area contributed by atoms with Crippen LogP contribution in [0.1, 0.15) is 24.0 Å². The van der Waals surface area contributed by atoms with Crippen molar-refractivity contribution in [3.05, 3.63) is 35.4 Å². The fourth-order valence-electron chi connectivity index (χ4n) is 4.16. The molecular formula is C19H19F9N2O2. The molecule has 0 aliphatic carbocycles. The van der Waals surface area contributed by atoms with Gasteiger partial charge in [-0.25, -0.2) is 4.79 Å². The first-order chi connectivity index (χ1) is 14.6. The summed E-state index contributed by atoms with van der Waals surface area (Å²) in [5, 5.41) is 0. The molecule has 13 heteroatoms. The molecule has 0 bridgehead atoms. The van der Waals surface area contributed by atoms with Crippen molar-refractivity contribution in [2.75, 3.05) is 26.2 Å². The molecule has 2 aliphatic heterocycles. The quantitative estimate of drug-likeness (QED) is 0.558. The number of hydrogen-bond donors (Lipinski definition) is 0. The van der Waals surface area contributed by atoms with Gasteiger partial charge in [-0.3, -0.25) is 4.90 Å². The number of halogens is 9. The molecule has 2 aliphatic rings. The Hall–Kier alpha value is -2.18. The van der Waals surface area contributed by atoms with E-state index in [1.807, 2.05) is 0 Å². The van der Waals surface area contributed by atoms with Gasteiger partial charge in [-0.05, 0) is 29.9 Å². The Labute approximate surface area is 176 Å². The van der Waals surface area contributed by atoms with Gasteiger partial charge in [-0.15, -0.1) is 0 Å². The lowest BCUT2D eigenvalue weighted by Crippen LogP contribution is -2.60. The van der Waals surface area contributed by atoms with Gasteiger partial charge in [-0.2, -0.15) is 39.5 Å². The first kappa shape index (κ1) is 24.5. The molecule has 32 heavy (non-hydrogen) atoms. The number of piperidine rings is 1. The predicted octanol–water partition coefficient (Wildman–Crippen LogP) is 5.23. The number of benzene rings is 1. The second-order valence-corrected chi connectivity index (χ2v) is 8.13. The van der Waals surface area contributed by atoms with Crippen molar-refractivity contribution >= 4 is 6.09 Å². The monoisotopic (exact) mass is 478 g/mol. The van der Waals surface area contributed by atoms with Crippen molar-refractivity contribution in [2.45, 2.75) is 44.0 Å². The maximum atomic E-state index is 13.1. The third-order valence-corrected chi connectivity index (χ3v) is 5.73. The van der Waals surface area contributed by atoms with E-state index >= 15 is 0 Å². The van der Waals surface area contributed by atoms with Crippen LogP contribution in [0, 0.1) is 5.41 Å². The van der Waals surface area contributed by atoms with Crippen molar-refractivity contribution < 1.29 is 49.0 Å². The summed E-state index contributed by atoms with van der Waals surface area (Å²) in [5.41, 5.74) is -0.971. The highest BCUT2D eigenvalue weighted by molar-refractivity contribution is 5.68. The van der Waals surface area contributed by atoms with E-state index in [0.717, 1.165) is 11.0 Å². The molecule has 0 N–H and O–H groups in total. The SMILES string of the molecule is O=C(OC(C(F)(F)F)C(F)(F)F)N1CCC2(CC1)CN(Cc1ccccc1C(F)(F)F)C2. The summed E-state index contributed by atoms with van der Waals surface area (Å²) in [7, 11) is 0. The minimum Gasteiger partial charge on any atom is -0.426 e. The summed E-state index contributed by atoms with van der Waals surface area (Å²) in [5.74, 6) is 0. The van der Waals surface area contributed by atoms with E-state index in [1.54, 1.807) is 4.90 Å². The number of rotatable bonds is 3. The van der Waals surface area contributed by atoms with Gasteiger partial charge >= 0.3 is 24.6 Å². The van der Waals surface area contributed by atoms with Gasteiger partial charge in [-0.1, -0.05) is 18.2 Å². The highest BCUT2D eigenvalue weighted by Crippen LogP contribution is 2.43. The second kappa shape index (κ2) is 8.31. The number of amides is 1. The number of hydrogen-bond acceptors (Lipinski definition) is 3. The van der Waals surface area contributed by atoms with Crippen LogP contribution < -0.4 is 0 Å². The molecular weight excluding hydrogens is 459 g/mol. The van der Waals surface area contributed by atoms with Crippen LogP contribution in [0.25, 0.3) is 0 Å². The zero-order chi connectivity index (χ0) is 23.9. The van der Waals surface area contributed by atoms with E-state index in [-0.39, 0.29) is 30.6 Å². The number of carbonyl (C=O) groups is 1. The predicted molar refractivity (Wildman–Crippen MR) is 92.3 cm³/mol. The normalized spacial score (nSPS) is 19.9. The molecule has 1 aromatic carbocycles. The molecule has 3 rings (SSSR count). The molecule has 0 saturated carbocycles. The van der Waals surface area contributed by atoms with Crippen LogP contribution in [0.4, 0.5) is 44.3 Å². The first-order valence-electron chi connectivity index (χ1n) is 9.57. The van der Waals surface area contributed by atoms with Crippen LogP contribution in [0.2, 0.25) is 0 Å². The maximum absolute atomic E-state index is 13.1. The fraction of sp³-hybridized carbons (Fsp3) is 0.632.